The van der Waals surface area contributed by atoms with Gasteiger partial charge in [-0.3, -0.25) is 0 Å². The van der Waals surface area contributed by atoms with Gasteiger partial charge in [0.2, 0.25) is 0 Å². The van der Waals surface area contributed by atoms with Crippen molar-refractivity contribution in [1.82, 2.24) is 5.32 Å². The first kappa shape index (κ1) is 16.1. The molecule has 2 rings (SSSR count). The Kier molecular flexibility index (Phi) is 5.88. The molecule has 0 fully saturated rings. The Hall–Kier alpha value is -1.26. The number of ether oxygens (including phenoxy) is 1. The van der Waals surface area contributed by atoms with Crippen molar-refractivity contribution in [2.24, 2.45) is 0 Å². The average Bonchev–Trinajstić information content (AvgIpc) is 2.48. The van der Waals surface area contributed by atoms with E-state index in [1.807, 2.05) is 30.3 Å². The van der Waals surface area contributed by atoms with Crippen LogP contribution in [0.1, 0.15) is 17.2 Å². The van der Waals surface area contributed by atoms with Crippen LogP contribution in [0.3, 0.4) is 0 Å². The van der Waals surface area contributed by atoms with Crippen molar-refractivity contribution in [3.8, 4) is 5.75 Å². The molecule has 112 valence electrons. The zero-order valence-corrected chi connectivity index (χ0v) is 13.2. The molecule has 0 saturated carbocycles. The molecule has 21 heavy (non-hydrogen) atoms. The SMILES string of the molecule is COc1c(Cl)cc(CNC[C@@H](O)c2ccccc2)cc1Cl. The van der Waals surface area contributed by atoms with Crippen LogP contribution in [0, 0.1) is 0 Å². The van der Waals surface area contributed by atoms with Gasteiger partial charge in [-0.05, 0) is 23.3 Å². The normalized spacial score (nSPS) is 12.2. The van der Waals surface area contributed by atoms with Gasteiger partial charge in [-0.2, -0.15) is 0 Å². The number of aliphatic hydroxyl groups excluding tert-OH is 1. The first-order valence-electron chi connectivity index (χ1n) is 6.57. The Morgan fingerprint density at radius 2 is 1.76 bits per heavy atom. The summed E-state index contributed by atoms with van der Waals surface area (Å²) in [5.41, 5.74) is 1.82. The van der Waals surface area contributed by atoms with Gasteiger partial charge in [0.15, 0.2) is 5.75 Å². The molecule has 0 aliphatic carbocycles. The van der Waals surface area contributed by atoms with E-state index in [4.69, 9.17) is 27.9 Å². The molecule has 0 spiro atoms. The summed E-state index contributed by atoms with van der Waals surface area (Å²) >= 11 is 12.2. The number of rotatable bonds is 6. The number of methoxy groups -OCH3 is 1. The van der Waals surface area contributed by atoms with Crippen LogP contribution in [0.5, 0.6) is 5.75 Å². The zero-order valence-electron chi connectivity index (χ0n) is 11.6. The molecule has 2 aromatic carbocycles. The predicted molar refractivity (Wildman–Crippen MR) is 86.1 cm³/mol. The van der Waals surface area contributed by atoms with Gasteiger partial charge >= 0.3 is 0 Å². The molecule has 0 aliphatic rings. The molecule has 0 bridgehead atoms. The van der Waals surface area contributed by atoms with E-state index in [0.29, 0.717) is 28.9 Å². The summed E-state index contributed by atoms with van der Waals surface area (Å²) in [6.07, 6.45) is -0.546. The van der Waals surface area contributed by atoms with Crippen LogP contribution >= 0.6 is 23.2 Å². The minimum Gasteiger partial charge on any atom is -0.494 e. The summed E-state index contributed by atoms with van der Waals surface area (Å²) in [6, 6.07) is 13.1. The second-order valence-corrected chi connectivity index (χ2v) is 5.46. The Bertz CT molecular complexity index is 567. The number of hydrogen-bond acceptors (Lipinski definition) is 3. The molecule has 0 radical (unpaired) electrons. The highest BCUT2D eigenvalue weighted by Gasteiger charge is 2.10. The Balaban J connectivity index is 1.92. The maximum atomic E-state index is 10.1. The zero-order chi connectivity index (χ0) is 15.2. The minimum absolute atomic E-state index is 0.450. The molecular weight excluding hydrogens is 309 g/mol. The predicted octanol–water partition coefficient (Wildman–Crippen LogP) is 3.83. The molecule has 0 heterocycles. The number of nitrogens with one attached hydrogen (secondary N) is 1. The van der Waals surface area contributed by atoms with E-state index in [2.05, 4.69) is 5.32 Å². The summed E-state index contributed by atoms with van der Waals surface area (Å²) in [7, 11) is 1.53. The van der Waals surface area contributed by atoms with Crippen molar-refractivity contribution in [2.75, 3.05) is 13.7 Å². The van der Waals surface area contributed by atoms with Crippen LogP contribution in [0.25, 0.3) is 0 Å². The quantitative estimate of drug-likeness (QED) is 0.848. The highest BCUT2D eigenvalue weighted by Crippen LogP contribution is 2.33. The van der Waals surface area contributed by atoms with Crippen molar-refractivity contribution in [1.29, 1.82) is 0 Å². The van der Waals surface area contributed by atoms with Crippen molar-refractivity contribution in [3.63, 3.8) is 0 Å². The van der Waals surface area contributed by atoms with E-state index in [1.54, 1.807) is 12.1 Å². The maximum absolute atomic E-state index is 10.1. The van der Waals surface area contributed by atoms with Crippen LogP contribution in [-0.2, 0) is 6.54 Å². The molecule has 2 N–H and O–H groups in total. The van der Waals surface area contributed by atoms with Crippen molar-refractivity contribution in [2.45, 2.75) is 12.6 Å². The lowest BCUT2D eigenvalue weighted by atomic mass is 10.1. The van der Waals surface area contributed by atoms with Crippen LogP contribution in [0.15, 0.2) is 42.5 Å². The Labute approximate surface area is 134 Å². The summed E-state index contributed by atoms with van der Waals surface area (Å²) in [5.74, 6) is 0.478. The highest BCUT2D eigenvalue weighted by molar-refractivity contribution is 6.37. The van der Waals surface area contributed by atoms with E-state index in [-0.39, 0.29) is 0 Å². The summed E-state index contributed by atoms with van der Waals surface area (Å²) in [4.78, 5) is 0. The molecule has 3 nitrogen and oxygen atoms in total. The second kappa shape index (κ2) is 7.66. The van der Waals surface area contributed by atoms with Gasteiger partial charge in [0, 0.05) is 13.1 Å². The van der Waals surface area contributed by atoms with E-state index < -0.39 is 6.10 Å². The van der Waals surface area contributed by atoms with Gasteiger partial charge in [-0.15, -0.1) is 0 Å². The van der Waals surface area contributed by atoms with Crippen molar-refractivity contribution in [3.05, 3.63) is 63.6 Å². The van der Waals surface area contributed by atoms with Crippen LogP contribution in [0.4, 0.5) is 0 Å². The third kappa shape index (κ3) is 4.35. The fourth-order valence-corrected chi connectivity index (χ4v) is 2.74. The van der Waals surface area contributed by atoms with Crippen molar-refractivity contribution >= 4 is 23.2 Å². The lowest BCUT2D eigenvalue weighted by molar-refractivity contribution is 0.174. The van der Waals surface area contributed by atoms with Crippen LogP contribution < -0.4 is 10.1 Å². The molecule has 5 heteroatoms. The van der Waals surface area contributed by atoms with Gasteiger partial charge < -0.3 is 15.2 Å². The molecular formula is C16H17Cl2NO2. The lowest BCUT2D eigenvalue weighted by Crippen LogP contribution is -2.21. The smallest absolute Gasteiger partial charge is 0.156 e. The number of hydrogen-bond donors (Lipinski definition) is 2. The van der Waals surface area contributed by atoms with Gasteiger partial charge in [-0.25, -0.2) is 0 Å². The van der Waals surface area contributed by atoms with Gasteiger partial charge in [0.05, 0.1) is 23.3 Å². The molecule has 2 aromatic rings. The number of halogens is 2. The lowest BCUT2D eigenvalue weighted by Gasteiger charge is -2.13. The van der Waals surface area contributed by atoms with Gasteiger partial charge in [0.25, 0.3) is 0 Å². The topological polar surface area (TPSA) is 41.5 Å². The second-order valence-electron chi connectivity index (χ2n) is 4.65. The molecule has 0 saturated heterocycles. The van der Waals surface area contributed by atoms with Crippen LogP contribution in [-0.4, -0.2) is 18.8 Å². The van der Waals surface area contributed by atoms with E-state index in [0.717, 1.165) is 11.1 Å². The summed E-state index contributed by atoms with van der Waals surface area (Å²) in [6.45, 7) is 1.01. The van der Waals surface area contributed by atoms with Crippen LogP contribution in [0.2, 0.25) is 10.0 Å². The van der Waals surface area contributed by atoms with Gasteiger partial charge in [-0.1, -0.05) is 53.5 Å². The fraction of sp³-hybridized carbons (Fsp3) is 0.250. The largest absolute Gasteiger partial charge is 0.494 e. The maximum Gasteiger partial charge on any atom is 0.156 e. The van der Waals surface area contributed by atoms with E-state index in [1.165, 1.54) is 7.11 Å². The molecule has 0 aliphatic heterocycles. The summed E-state index contributed by atoms with van der Waals surface area (Å²) < 4.78 is 5.11. The fourth-order valence-electron chi connectivity index (χ4n) is 2.06. The molecule has 0 amide bonds. The highest BCUT2D eigenvalue weighted by atomic mass is 35.5. The molecule has 0 aromatic heterocycles. The monoisotopic (exact) mass is 325 g/mol. The standard InChI is InChI=1S/C16H17Cl2NO2/c1-21-16-13(17)7-11(8-14(16)18)9-19-10-15(20)12-5-3-2-4-6-12/h2-8,15,19-20H,9-10H2,1H3/t15-/m1/s1. The first-order chi connectivity index (χ1) is 10.1. The van der Waals surface area contributed by atoms with E-state index in [9.17, 15) is 5.11 Å². The Morgan fingerprint density at radius 1 is 1.14 bits per heavy atom. The molecule has 0 unspecified atom stereocenters. The van der Waals surface area contributed by atoms with Crippen molar-refractivity contribution < 1.29 is 9.84 Å². The number of aliphatic hydroxyl groups is 1. The third-order valence-electron chi connectivity index (χ3n) is 3.11. The molecule has 1 atom stereocenters. The minimum atomic E-state index is -0.546. The van der Waals surface area contributed by atoms with E-state index >= 15 is 0 Å². The Morgan fingerprint density at radius 3 is 2.33 bits per heavy atom. The number of benzene rings is 2. The summed E-state index contributed by atoms with van der Waals surface area (Å²) in [5, 5.41) is 14.2. The average molecular weight is 326 g/mol. The van der Waals surface area contributed by atoms with Gasteiger partial charge in [0.1, 0.15) is 0 Å². The first-order valence-corrected chi connectivity index (χ1v) is 7.33. The third-order valence-corrected chi connectivity index (χ3v) is 3.67.